The number of rotatable bonds is 3. The Bertz CT molecular complexity index is 680. The third-order valence-electron chi connectivity index (χ3n) is 3.46. The number of aliphatic hydroxyl groups is 1. The van der Waals surface area contributed by atoms with E-state index >= 15 is 0 Å². The van der Waals surface area contributed by atoms with Gasteiger partial charge >= 0.3 is 0 Å². The van der Waals surface area contributed by atoms with Crippen molar-refractivity contribution in [1.29, 1.82) is 0 Å². The first-order valence-electron chi connectivity index (χ1n) is 6.22. The summed E-state index contributed by atoms with van der Waals surface area (Å²) >= 11 is 0. The monoisotopic (exact) mass is 268 g/mol. The Morgan fingerprint density at radius 2 is 1.85 bits per heavy atom. The highest BCUT2D eigenvalue weighted by molar-refractivity contribution is 5.81. The smallest absolute Gasteiger partial charge is 0.269 e. The van der Waals surface area contributed by atoms with Crippen molar-refractivity contribution in [3.8, 4) is 0 Å². The van der Waals surface area contributed by atoms with Crippen LogP contribution in [-0.4, -0.2) is 16.2 Å². The Hall–Kier alpha value is -2.53. The van der Waals surface area contributed by atoms with Gasteiger partial charge in [-0.15, -0.1) is 0 Å². The molecule has 2 aromatic rings. The fourth-order valence-corrected chi connectivity index (χ4v) is 2.38. The van der Waals surface area contributed by atoms with Gasteiger partial charge in [0.1, 0.15) is 0 Å². The lowest BCUT2D eigenvalue weighted by Crippen LogP contribution is -2.09. The molecule has 0 fully saturated rings. The van der Waals surface area contributed by atoms with Crippen molar-refractivity contribution in [2.24, 2.45) is 4.99 Å². The van der Waals surface area contributed by atoms with E-state index in [0.29, 0.717) is 5.56 Å². The molecule has 2 atom stereocenters. The molecule has 2 unspecified atom stereocenters. The highest BCUT2D eigenvalue weighted by atomic mass is 16.6. The van der Waals surface area contributed by atoms with Crippen molar-refractivity contribution in [3.63, 3.8) is 0 Å². The number of fused-ring (bicyclic) bond motifs is 1. The Labute approximate surface area is 115 Å². The quantitative estimate of drug-likeness (QED) is 0.686. The molecule has 1 aliphatic heterocycles. The van der Waals surface area contributed by atoms with E-state index in [9.17, 15) is 15.2 Å². The van der Waals surface area contributed by atoms with E-state index in [0.717, 1.165) is 11.3 Å². The van der Waals surface area contributed by atoms with Crippen LogP contribution in [0.4, 0.5) is 11.4 Å². The summed E-state index contributed by atoms with van der Waals surface area (Å²) in [5.41, 5.74) is 2.49. The molecule has 5 heteroatoms. The van der Waals surface area contributed by atoms with Crippen LogP contribution in [0.25, 0.3) is 0 Å². The second-order valence-electron chi connectivity index (χ2n) is 4.66. The van der Waals surface area contributed by atoms with Crippen molar-refractivity contribution in [2.45, 2.75) is 12.0 Å². The number of hydrogen-bond acceptors (Lipinski definition) is 4. The summed E-state index contributed by atoms with van der Waals surface area (Å²) in [6, 6.07) is 13.6. The highest BCUT2D eigenvalue weighted by Gasteiger charge is 2.27. The number of nitro groups is 1. The van der Waals surface area contributed by atoms with Crippen LogP contribution in [0.2, 0.25) is 0 Å². The molecular formula is C15H12N2O3. The third-order valence-corrected chi connectivity index (χ3v) is 3.46. The SMILES string of the molecule is O=[N+]([O-])c1ccc(C(O)C2C=Nc3ccccc32)cc1. The summed E-state index contributed by atoms with van der Waals surface area (Å²) in [7, 11) is 0. The molecular weight excluding hydrogens is 256 g/mol. The first kappa shape index (κ1) is 12.5. The van der Waals surface area contributed by atoms with Gasteiger partial charge in [0.2, 0.25) is 0 Å². The maximum atomic E-state index is 10.6. The molecule has 100 valence electrons. The van der Waals surface area contributed by atoms with E-state index < -0.39 is 11.0 Å². The van der Waals surface area contributed by atoms with Crippen molar-refractivity contribution in [2.75, 3.05) is 0 Å². The van der Waals surface area contributed by atoms with Gasteiger partial charge in [0.05, 0.1) is 22.6 Å². The molecule has 0 aliphatic carbocycles. The van der Waals surface area contributed by atoms with Crippen LogP contribution in [0.5, 0.6) is 0 Å². The van der Waals surface area contributed by atoms with Crippen molar-refractivity contribution < 1.29 is 10.0 Å². The van der Waals surface area contributed by atoms with Crippen LogP contribution in [0.1, 0.15) is 23.1 Å². The lowest BCUT2D eigenvalue weighted by molar-refractivity contribution is -0.384. The lowest BCUT2D eigenvalue weighted by Gasteiger charge is -2.17. The summed E-state index contributed by atoms with van der Waals surface area (Å²) in [5, 5.41) is 21.1. The number of aliphatic hydroxyl groups excluding tert-OH is 1. The molecule has 0 amide bonds. The van der Waals surface area contributed by atoms with Gasteiger partial charge in [0.25, 0.3) is 5.69 Å². The van der Waals surface area contributed by atoms with Crippen LogP contribution < -0.4 is 0 Å². The summed E-state index contributed by atoms with van der Waals surface area (Å²) < 4.78 is 0. The predicted octanol–water partition coefficient (Wildman–Crippen LogP) is 3.13. The number of benzene rings is 2. The minimum absolute atomic E-state index is 0.0152. The zero-order chi connectivity index (χ0) is 14.1. The van der Waals surface area contributed by atoms with E-state index in [2.05, 4.69) is 4.99 Å². The Morgan fingerprint density at radius 3 is 2.55 bits per heavy atom. The first-order chi connectivity index (χ1) is 9.66. The van der Waals surface area contributed by atoms with Gasteiger partial charge in [-0.1, -0.05) is 18.2 Å². The molecule has 3 rings (SSSR count). The molecule has 0 radical (unpaired) electrons. The predicted molar refractivity (Wildman–Crippen MR) is 75.4 cm³/mol. The summed E-state index contributed by atoms with van der Waals surface area (Å²) in [6.07, 6.45) is 0.958. The second-order valence-corrected chi connectivity index (χ2v) is 4.66. The van der Waals surface area contributed by atoms with Gasteiger partial charge in [-0.25, -0.2) is 0 Å². The first-order valence-corrected chi connectivity index (χ1v) is 6.22. The van der Waals surface area contributed by atoms with Gasteiger partial charge in [0.15, 0.2) is 0 Å². The lowest BCUT2D eigenvalue weighted by atomic mass is 9.91. The van der Waals surface area contributed by atoms with Crippen molar-refractivity contribution in [1.82, 2.24) is 0 Å². The van der Waals surface area contributed by atoms with E-state index in [1.807, 2.05) is 24.3 Å². The van der Waals surface area contributed by atoms with Gasteiger partial charge in [0, 0.05) is 18.3 Å². The van der Waals surface area contributed by atoms with Gasteiger partial charge in [-0.05, 0) is 29.3 Å². The molecule has 0 aromatic heterocycles. The third kappa shape index (κ3) is 2.08. The molecule has 0 saturated carbocycles. The van der Waals surface area contributed by atoms with Crippen LogP contribution in [0, 0.1) is 10.1 Å². The Kier molecular flexibility index (Phi) is 3.04. The molecule has 20 heavy (non-hydrogen) atoms. The van der Waals surface area contributed by atoms with E-state index in [4.69, 9.17) is 0 Å². The molecule has 1 N–H and O–H groups in total. The van der Waals surface area contributed by atoms with E-state index in [1.165, 1.54) is 12.1 Å². The van der Waals surface area contributed by atoms with Gasteiger partial charge in [-0.3, -0.25) is 15.1 Å². The number of nitro benzene ring substituents is 1. The molecule has 5 nitrogen and oxygen atoms in total. The minimum Gasteiger partial charge on any atom is -0.387 e. The normalized spacial score (nSPS) is 17.8. The molecule has 0 saturated heterocycles. The highest BCUT2D eigenvalue weighted by Crippen LogP contribution is 2.39. The van der Waals surface area contributed by atoms with Crippen LogP contribution in [0.3, 0.4) is 0 Å². The topological polar surface area (TPSA) is 75.7 Å². The van der Waals surface area contributed by atoms with Crippen LogP contribution in [0.15, 0.2) is 53.5 Å². The summed E-state index contributed by atoms with van der Waals surface area (Å²) in [4.78, 5) is 14.4. The fourth-order valence-electron chi connectivity index (χ4n) is 2.38. The van der Waals surface area contributed by atoms with Gasteiger partial charge in [-0.2, -0.15) is 0 Å². The van der Waals surface area contributed by atoms with E-state index in [1.54, 1.807) is 18.3 Å². The van der Waals surface area contributed by atoms with Crippen LogP contribution >= 0.6 is 0 Å². The molecule has 1 aliphatic rings. The standard InChI is InChI=1S/C15H12N2O3/c18-15(10-5-7-11(8-6-10)17(19)20)13-9-16-14-4-2-1-3-12(13)14/h1-9,13,15,18H. The molecule has 2 aromatic carbocycles. The zero-order valence-corrected chi connectivity index (χ0v) is 10.5. The molecule has 0 spiro atoms. The Morgan fingerprint density at radius 1 is 1.15 bits per heavy atom. The Balaban J connectivity index is 1.89. The summed E-state index contributed by atoms with van der Waals surface area (Å²) in [5.74, 6) is -0.215. The number of aliphatic imine (C=N–C) groups is 1. The average molecular weight is 268 g/mol. The second kappa shape index (κ2) is 4.86. The molecule has 1 heterocycles. The maximum Gasteiger partial charge on any atom is 0.269 e. The largest absolute Gasteiger partial charge is 0.387 e. The van der Waals surface area contributed by atoms with Gasteiger partial charge < -0.3 is 5.11 Å². The maximum absolute atomic E-state index is 10.6. The minimum atomic E-state index is -0.761. The number of nitrogens with zero attached hydrogens (tertiary/aromatic N) is 2. The number of hydrogen-bond donors (Lipinski definition) is 1. The molecule has 0 bridgehead atoms. The van der Waals surface area contributed by atoms with Crippen LogP contribution in [-0.2, 0) is 0 Å². The fraction of sp³-hybridized carbons (Fsp3) is 0.133. The summed E-state index contributed by atoms with van der Waals surface area (Å²) in [6.45, 7) is 0. The zero-order valence-electron chi connectivity index (χ0n) is 10.5. The number of para-hydroxylation sites is 1. The van der Waals surface area contributed by atoms with E-state index in [-0.39, 0.29) is 11.6 Å². The number of non-ortho nitro benzene ring substituents is 1. The van der Waals surface area contributed by atoms with Crippen molar-refractivity contribution >= 4 is 17.6 Å². The average Bonchev–Trinajstić information content (AvgIpc) is 2.90. The van der Waals surface area contributed by atoms with Crippen molar-refractivity contribution in [3.05, 3.63) is 69.8 Å².